The molecule has 1 aromatic carbocycles. The van der Waals surface area contributed by atoms with Crippen LogP contribution in [0.1, 0.15) is 108 Å². The topological polar surface area (TPSA) is 94.9 Å². The van der Waals surface area contributed by atoms with Gasteiger partial charge in [0.2, 0.25) is 0 Å². The third-order valence-corrected chi connectivity index (χ3v) is 20.5. The zero-order chi connectivity index (χ0) is 37.7. The number of rotatable bonds is 8. The monoisotopic (exact) mass is 777 g/mol. The molecule has 10 heteroatoms. The lowest BCUT2D eigenvalue weighted by Gasteiger charge is -2.71. The van der Waals surface area contributed by atoms with E-state index in [0.29, 0.717) is 66.2 Å². The second-order valence-corrected chi connectivity index (χ2v) is 23.0. The SMILES string of the molecule is CC12CCC(O)CC13C=CC1(C(C(=O)c4ccc(F)c(F)c4)=C3)C2CCC2(C)C1CCC2(O)CN(CC12CC3CC(CC(C3)C1)C2)S(=O)(=O)c1cccs1. The number of Topliss-reactive ketones (excluding diaryl/α,β-unsaturated/α-hetero) is 1. The Labute approximate surface area is 322 Å². The summed E-state index contributed by atoms with van der Waals surface area (Å²) < 4.78 is 60.3. The van der Waals surface area contributed by atoms with E-state index < -0.39 is 49.6 Å². The molecule has 0 saturated heterocycles. The lowest BCUT2D eigenvalue weighted by atomic mass is 9.32. The Morgan fingerprint density at radius 2 is 1.54 bits per heavy atom. The molecule has 8 unspecified atom stereocenters. The quantitative estimate of drug-likeness (QED) is 0.207. The summed E-state index contributed by atoms with van der Waals surface area (Å²) in [7, 11) is -3.90. The molecule has 2 N–H and O–H groups in total. The number of carbonyl (C=O) groups excluding carboxylic acids is 1. The van der Waals surface area contributed by atoms with E-state index in [0.717, 1.165) is 44.2 Å². The van der Waals surface area contributed by atoms with Crippen molar-refractivity contribution in [3.63, 3.8) is 0 Å². The first-order valence-electron chi connectivity index (χ1n) is 20.4. The molecule has 8 atom stereocenters. The summed E-state index contributed by atoms with van der Waals surface area (Å²) in [5.74, 6) is -0.622. The average Bonchev–Trinajstić information content (AvgIpc) is 3.75. The van der Waals surface area contributed by atoms with E-state index in [4.69, 9.17) is 0 Å². The van der Waals surface area contributed by atoms with Crippen LogP contribution in [0.3, 0.4) is 0 Å². The molecular weight excluding hydrogens is 725 g/mol. The summed E-state index contributed by atoms with van der Waals surface area (Å²) >= 11 is 1.23. The summed E-state index contributed by atoms with van der Waals surface area (Å²) in [6.07, 6.45) is 17.3. The van der Waals surface area contributed by atoms with Crippen molar-refractivity contribution in [1.82, 2.24) is 4.31 Å². The van der Waals surface area contributed by atoms with Gasteiger partial charge >= 0.3 is 0 Å². The minimum atomic E-state index is -3.90. The van der Waals surface area contributed by atoms with Crippen LogP contribution in [0.25, 0.3) is 0 Å². The molecule has 6 nitrogen and oxygen atoms in total. The number of fused-ring (bicyclic) bond motifs is 1. The maximum Gasteiger partial charge on any atom is 0.252 e. The number of ketones is 1. The van der Waals surface area contributed by atoms with Crippen LogP contribution >= 0.6 is 11.3 Å². The molecule has 1 heterocycles. The maximum absolute atomic E-state index is 14.8. The smallest absolute Gasteiger partial charge is 0.252 e. The minimum Gasteiger partial charge on any atom is -0.393 e. The molecule has 0 amide bonds. The number of allylic oxidation sites excluding steroid dienone is 4. The number of benzene rings is 1. The number of carbonyl (C=O) groups is 1. The van der Waals surface area contributed by atoms with Crippen LogP contribution in [0.4, 0.5) is 8.78 Å². The summed E-state index contributed by atoms with van der Waals surface area (Å²) in [4.78, 5) is 14.8. The summed E-state index contributed by atoms with van der Waals surface area (Å²) in [5.41, 5.74) is -3.14. The molecule has 290 valence electrons. The molecule has 0 aliphatic heterocycles. The Bertz CT molecular complexity index is 2050. The highest BCUT2D eigenvalue weighted by molar-refractivity contribution is 7.91. The molecule has 7 saturated carbocycles. The van der Waals surface area contributed by atoms with E-state index >= 15 is 0 Å². The van der Waals surface area contributed by atoms with E-state index in [9.17, 15) is 32.2 Å². The summed E-state index contributed by atoms with van der Waals surface area (Å²) in [5, 5.41) is 26.1. The van der Waals surface area contributed by atoms with E-state index in [2.05, 4.69) is 32.1 Å². The van der Waals surface area contributed by atoms with Crippen molar-refractivity contribution in [2.24, 2.45) is 56.7 Å². The first-order chi connectivity index (χ1) is 25.6. The van der Waals surface area contributed by atoms with Gasteiger partial charge in [0.1, 0.15) is 4.21 Å². The minimum absolute atomic E-state index is 0.00993. The summed E-state index contributed by atoms with van der Waals surface area (Å²) in [6.45, 7) is 4.88. The van der Waals surface area contributed by atoms with Crippen LogP contribution < -0.4 is 0 Å². The Morgan fingerprint density at radius 1 is 0.870 bits per heavy atom. The van der Waals surface area contributed by atoms with Gasteiger partial charge in [-0.3, -0.25) is 4.79 Å². The number of nitrogens with zero attached hydrogens (tertiary/aromatic N) is 1. The van der Waals surface area contributed by atoms with Gasteiger partial charge in [0.05, 0.1) is 11.7 Å². The van der Waals surface area contributed by atoms with Crippen molar-refractivity contribution in [1.29, 1.82) is 0 Å². The highest BCUT2D eigenvalue weighted by Crippen LogP contribution is 2.78. The molecule has 6 bridgehead atoms. The standard InChI is InChI=1S/C44H53F2NO5S2/c1-39-10-7-31(48)23-42(39)13-14-44(32(24-42)38(49)30-5-6-33(45)34(46)19-30)35(39)8-11-40(2)36(44)9-12-43(40,50)26-47(54(51,52)37-4-3-15-53-37)25-41-20-27-16-28(21-41)18-29(17-27)22-41/h3-6,13-15,19,24,27-29,31,35-36,48,50H,7-12,16-18,20-23,25-26H2,1-2H3. The van der Waals surface area contributed by atoms with Crippen LogP contribution in [0, 0.1) is 68.3 Å². The highest BCUT2D eigenvalue weighted by Gasteiger charge is 2.75. The third kappa shape index (κ3) is 4.75. The fraction of sp³-hybridized carbons (Fsp3) is 0.659. The maximum atomic E-state index is 14.8. The first-order valence-corrected chi connectivity index (χ1v) is 22.8. The van der Waals surface area contributed by atoms with E-state index in [-0.39, 0.29) is 40.6 Å². The van der Waals surface area contributed by atoms with E-state index in [1.54, 1.807) is 21.8 Å². The van der Waals surface area contributed by atoms with Gasteiger partial charge in [-0.05, 0) is 154 Å². The predicted octanol–water partition coefficient (Wildman–Crippen LogP) is 8.71. The molecule has 12 rings (SSSR count). The van der Waals surface area contributed by atoms with Crippen LogP contribution in [-0.4, -0.2) is 53.5 Å². The Balaban J connectivity index is 1.06. The van der Waals surface area contributed by atoms with Gasteiger partial charge < -0.3 is 10.2 Å². The molecule has 2 spiro atoms. The fourth-order valence-corrected chi connectivity index (χ4v) is 18.1. The third-order valence-electron chi connectivity index (χ3n) is 17.3. The lowest BCUT2D eigenvalue weighted by Crippen LogP contribution is -2.67. The molecule has 10 aliphatic rings. The Kier molecular flexibility index (Phi) is 7.81. The zero-order valence-corrected chi connectivity index (χ0v) is 33.0. The predicted molar refractivity (Wildman–Crippen MR) is 203 cm³/mol. The van der Waals surface area contributed by atoms with Crippen molar-refractivity contribution in [2.75, 3.05) is 13.1 Å². The van der Waals surface area contributed by atoms with Crippen LogP contribution in [0.2, 0.25) is 0 Å². The molecule has 2 aromatic rings. The van der Waals surface area contributed by atoms with Gasteiger partial charge in [0, 0.05) is 40.5 Å². The number of aliphatic hydroxyl groups excluding tert-OH is 1. The number of hydrogen-bond donors (Lipinski definition) is 2. The molecule has 54 heavy (non-hydrogen) atoms. The number of aliphatic hydroxyl groups is 2. The van der Waals surface area contributed by atoms with Crippen molar-refractivity contribution < 1.29 is 32.2 Å². The number of thiophene rings is 1. The van der Waals surface area contributed by atoms with Crippen LogP contribution in [-0.2, 0) is 10.0 Å². The normalized spacial score (nSPS) is 45.6. The van der Waals surface area contributed by atoms with Crippen molar-refractivity contribution in [3.8, 4) is 0 Å². The molecule has 10 aliphatic carbocycles. The molecular formula is C44H53F2NO5S2. The largest absolute Gasteiger partial charge is 0.393 e. The van der Waals surface area contributed by atoms with Crippen LogP contribution in [0.5, 0.6) is 0 Å². The van der Waals surface area contributed by atoms with Crippen molar-refractivity contribution in [2.45, 2.75) is 113 Å². The van der Waals surface area contributed by atoms with Gasteiger partial charge in [-0.2, -0.15) is 4.31 Å². The fourth-order valence-electron chi connectivity index (χ4n) is 15.3. The lowest BCUT2D eigenvalue weighted by molar-refractivity contribution is -0.175. The van der Waals surface area contributed by atoms with Gasteiger partial charge in [-0.15, -0.1) is 11.3 Å². The van der Waals surface area contributed by atoms with Crippen molar-refractivity contribution >= 4 is 27.1 Å². The van der Waals surface area contributed by atoms with Gasteiger partial charge in [0.15, 0.2) is 17.4 Å². The highest BCUT2D eigenvalue weighted by atomic mass is 32.2. The number of sulfonamides is 1. The average molecular weight is 778 g/mol. The molecule has 1 aromatic heterocycles. The van der Waals surface area contributed by atoms with Gasteiger partial charge in [-0.25, -0.2) is 17.2 Å². The van der Waals surface area contributed by atoms with Crippen molar-refractivity contribution in [3.05, 3.63) is 76.7 Å². The zero-order valence-electron chi connectivity index (χ0n) is 31.4. The summed E-state index contributed by atoms with van der Waals surface area (Å²) in [6, 6.07) is 6.82. The second-order valence-electron chi connectivity index (χ2n) is 19.9. The van der Waals surface area contributed by atoms with Crippen LogP contribution in [0.15, 0.2) is 63.7 Å². The van der Waals surface area contributed by atoms with Gasteiger partial charge in [0.25, 0.3) is 10.0 Å². The Hall–Kier alpha value is -2.24. The number of halogens is 2. The molecule has 7 fully saturated rings. The Morgan fingerprint density at radius 3 is 2.20 bits per heavy atom. The van der Waals surface area contributed by atoms with E-state index in [1.807, 2.05) is 0 Å². The molecule has 0 radical (unpaired) electrons. The number of hydrogen-bond acceptors (Lipinski definition) is 6. The van der Waals surface area contributed by atoms with E-state index in [1.165, 1.54) is 36.7 Å². The second kappa shape index (κ2) is 11.7. The van der Waals surface area contributed by atoms with Gasteiger partial charge in [-0.1, -0.05) is 38.1 Å². The first kappa shape index (κ1) is 36.1.